The van der Waals surface area contributed by atoms with Crippen LogP contribution in [0.1, 0.15) is 52.4 Å². The highest BCUT2D eigenvalue weighted by atomic mass is 19.3. The summed E-state index contributed by atoms with van der Waals surface area (Å²) in [5.41, 5.74) is 2.61. The normalized spacial score (nSPS) is 15.3. The molecule has 1 amide bonds. The quantitative estimate of drug-likeness (QED) is 0.695. The standard InChI is InChI=1S/C21H24F2N6O/c1-13-5-3-4-6-15(13)12-24-16-7-9-28(10-8-16)20(30)19-26-21-25-14(2)11-17(18(22)23)29(21)27-19/h3-6,11,16,18,24H,7-10,12H2,1-2H3. The van der Waals surface area contributed by atoms with E-state index in [2.05, 4.69) is 39.4 Å². The van der Waals surface area contributed by atoms with Crippen molar-refractivity contribution in [3.8, 4) is 0 Å². The van der Waals surface area contributed by atoms with Gasteiger partial charge in [-0.1, -0.05) is 24.3 Å². The molecule has 2 aromatic heterocycles. The number of nitrogens with one attached hydrogen (secondary N) is 1. The first-order valence-electron chi connectivity index (χ1n) is 10.0. The van der Waals surface area contributed by atoms with Crippen LogP contribution in [-0.4, -0.2) is 49.5 Å². The maximum absolute atomic E-state index is 13.3. The fourth-order valence-electron chi connectivity index (χ4n) is 3.75. The van der Waals surface area contributed by atoms with Crippen LogP contribution in [-0.2, 0) is 6.54 Å². The number of carbonyl (C=O) groups is 1. The Bertz CT molecular complexity index is 1060. The summed E-state index contributed by atoms with van der Waals surface area (Å²) >= 11 is 0. The summed E-state index contributed by atoms with van der Waals surface area (Å²) in [5, 5.41) is 7.57. The van der Waals surface area contributed by atoms with Crippen LogP contribution in [0.15, 0.2) is 30.3 Å². The molecule has 1 N–H and O–H groups in total. The molecule has 0 atom stereocenters. The Morgan fingerprint density at radius 2 is 1.93 bits per heavy atom. The number of aromatic nitrogens is 4. The van der Waals surface area contributed by atoms with E-state index in [1.54, 1.807) is 11.8 Å². The summed E-state index contributed by atoms with van der Waals surface area (Å²) in [7, 11) is 0. The number of likely N-dealkylation sites (tertiary alicyclic amines) is 1. The van der Waals surface area contributed by atoms with Crippen molar-refractivity contribution in [2.75, 3.05) is 13.1 Å². The van der Waals surface area contributed by atoms with Gasteiger partial charge in [-0.2, -0.15) is 9.50 Å². The average Bonchev–Trinajstić information content (AvgIpc) is 3.16. The Hall–Kier alpha value is -2.94. The average molecular weight is 414 g/mol. The number of rotatable bonds is 5. The minimum absolute atomic E-state index is 0.0171. The number of amides is 1. The van der Waals surface area contributed by atoms with Crippen molar-refractivity contribution in [1.82, 2.24) is 29.8 Å². The third-order valence-corrected chi connectivity index (χ3v) is 5.51. The Balaban J connectivity index is 1.40. The van der Waals surface area contributed by atoms with Crippen LogP contribution in [0.5, 0.6) is 0 Å². The van der Waals surface area contributed by atoms with Crippen LogP contribution < -0.4 is 5.32 Å². The molecule has 0 bridgehead atoms. The predicted octanol–water partition coefficient (Wildman–Crippen LogP) is 3.07. The molecule has 1 saturated heterocycles. The highest BCUT2D eigenvalue weighted by molar-refractivity contribution is 5.91. The fraction of sp³-hybridized carbons (Fsp3) is 0.429. The summed E-state index contributed by atoms with van der Waals surface area (Å²) in [5.74, 6) is -0.430. The van der Waals surface area contributed by atoms with Gasteiger partial charge < -0.3 is 10.2 Å². The molecule has 158 valence electrons. The molecule has 0 spiro atoms. The van der Waals surface area contributed by atoms with Gasteiger partial charge in [-0.3, -0.25) is 4.79 Å². The van der Waals surface area contributed by atoms with Gasteiger partial charge in [0.05, 0.1) is 0 Å². The molecule has 0 unspecified atom stereocenters. The number of aryl methyl sites for hydroxylation is 2. The lowest BCUT2D eigenvalue weighted by molar-refractivity contribution is 0.0692. The minimum atomic E-state index is -2.73. The lowest BCUT2D eigenvalue weighted by atomic mass is 10.0. The lowest BCUT2D eigenvalue weighted by Crippen LogP contribution is -2.45. The second kappa shape index (κ2) is 8.43. The van der Waals surface area contributed by atoms with E-state index in [4.69, 9.17) is 0 Å². The zero-order valence-electron chi connectivity index (χ0n) is 17.0. The van der Waals surface area contributed by atoms with Crippen LogP contribution in [0.2, 0.25) is 0 Å². The van der Waals surface area contributed by atoms with Crippen LogP contribution >= 0.6 is 0 Å². The van der Waals surface area contributed by atoms with Gasteiger partial charge in [0.25, 0.3) is 18.1 Å². The van der Waals surface area contributed by atoms with Gasteiger partial charge in [-0.15, -0.1) is 5.10 Å². The highest BCUT2D eigenvalue weighted by Gasteiger charge is 2.27. The molecule has 0 aliphatic carbocycles. The Morgan fingerprint density at radius 1 is 1.20 bits per heavy atom. The zero-order chi connectivity index (χ0) is 21.3. The first-order chi connectivity index (χ1) is 14.4. The van der Waals surface area contributed by atoms with Gasteiger partial charge in [0.15, 0.2) is 0 Å². The number of benzene rings is 1. The molecule has 1 fully saturated rings. The van der Waals surface area contributed by atoms with Crippen LogP contribution in [0.4, 0.5) is 8.78 Å². The zero-order valence-corrected chi connectivity index (χ0v) is 17.0. The number of carbonyl (C=O) groups excluding carboxylic acids is 1. The van der Waals surface area contributed by atoms with E-state index in [1.807, 2.05) is 12.1 Å². The number of alkyl halides is 2. The molecule has 0 saturated carbocycles. The van der Waals surface area contributed by atoms with E-state index in [9.17, 15) is 13.6 Å². The molecule has 3 heterocycles. The summed E-state index contributed by atoms with van der Waals surface area (Å²) in [6, 6.07) is 9.83. The SMILES string of the molecule is Cc1cc(C(F)F)n2nc(C(=O)N3CCC(NCc4ccccc4C)CC3)nc2n1. The van der Waals surface area contributed by atoms with Crippen LogP contribution in [0.25, 0.3) is 5.78 Å². The number of nitrogens with zero attached hydrogens (tertiary/aromatic N) is 5. The summed E-state index contributed by atoms with van der Waals surface area (Å²) in [6.07, 6.45) is -1.11. The molecule has 0 radical (unpaired) electrons. The van der Waals surface area contributed by atoms with Crippen LogP contribution in [0, 0.1) is 13.8 Å². The van der Waals surface area contributed by atoms with Gasteiger partial charge in [-0.05, 0) is 43.9 Å². The van der Waals surface area contributed by atoms with Crippen molar-refractivity contribution in [2.24, 2.45) is 0 Å². The molecule has 9 heteroatoms. The second-order valence-electron chi connectivity index (χ2n) is 7.64. The molecule has 1 aromatic carbocycles. The Labute approximate surface area is 173 Å². The number of fused-ring (bicyclic) bond motifs is 1. The van der Waals surface area contributed by atoms with E-state index in [0.29, 0.717) is 24.8 Å². The van der Waals surface area contributed by atoms with Crippen molar-refractivity contribution in [1.29, 1.82) is 0 Å². The second-order valence-corrected chi connectivity index (χ2v) is 7.64. The van der Waals surface area contributed by atoms with Gasteiger partial charge in [0.2, 0.25) is 5.82 Å². The predicted molar refractivity (Wildman–Crippen MR) is 107 cm³/mol. The molecular weight excluding hydrogens is 390 g/mol. The molecule has 4 rings (SSSR count). The van der Waals surface area contributed by atoms with E-state index < -0.39 is 6.43 Å². The van der Waals surface area contributed by atoms with Crippen molar-refractivity contribution >= 4 is 11.7 Å². The van der Waals surface area contributed by atoms with Crippen molar-refractivity contribution < 1.29 is 13.6 Å². The van der Waals surface area contributed by atoms with Gasteiger partial charge in [0.1, 0.15) is 5.69 Å². The molecule has 1 aliphatic rings. The molecular formula is C21H24F2N6O. The minimum Gasteiger partial charge on any atom is -0.336 e. The largest absolute Gasteiger partial charge is 0.336 e. The van der Waals surface area contributed by atoms with Gasteiger partial charge in [-0.25, -0.2) is 13.8 Å². The number of halogens is 2. The lowest BCUT2D eigenvalue weighted by Gasteiger charge is -2.32. The molecule has 7 nitrogen and oxygen atoms in total. The molecule has 30 heavy (non-hydrogen) atoms. The first-order valence-corrected chi connectivity index (χ1v) is 10.0. The Morgan fingerprint density at radius 3 is 2.63 bits per heavy atom. The number of hydrogen-bond acceptors (Lipinski definition) is 5. The van der Waals surface area contributed by atoms with E-state index in [-0.39, 0.29) is 23.2 Å². The maximum Gasteiger partial charge on any atom is 0.293 e. The van der Waals surface area contributed by atoms with E-state index in [0.717, 1.165) is 23.9 Å². The van der Waals surface area contributed by atoms with Crippen molar-refractivity contribution in [2.45, 2.75) is 45.7 Å². The monoisotopic (exact) mass is 414 g/mol. The van der Waals surface area contributed by atoms with E-state index in [1.165, 1.54) is 17.2 Å². The topological polar surface area (TPSA) is 75.4 Å². The smallest absolute Gasteiger partial charge is 0.293 e. The van der Waals surface area contributed by atoms with Gasteiger partial charge in [0, 0.05) is 31.4 Å². The third kappa shape index (κ3) is 4.16. The number of piperidine rings is 1. The summed E-state index contributed by atoms with van der Waals surface area (Å²) in [6.45, 7) is 5.62. The first kappa shape index (κ1) is 20.3. The third-order valence-electron chi connectivity index (χ3n) is 5.51. The van der Waals surface area contributed by atoms with E-state index >= 15 is 0 Å². The summed E-state index contributed by atoms with van der Waals surface area (Å²) in [4.78, 5) is 22.7. The summed E-state index contributed by atoms with van der Waals surface area (Å²) < 4.78 is 27.5. The highest BCUT2D eigenvalue weighted by Crippen LogP contribution is 2.20. The Kier molecular flexibility index (Phi) is 5.72. The van der Waals surface area contributed by atoms with Crippen LogP contribution in [0.3, 0.4) is 0 Å². The number of hydrogen-bond donors (Lipinski definition) is 1. The molecule has 3 aromatic rings. The van der Waals surface area contributed by atoms with Gasteiger partial charge >= 0.3 is 0 Å². The fourth-order valence-corrected chi connectivity index (χ4v) is 3.75. The molecule has 1 aliphatic heterocycles. The van der Waals surface area contributed by atoms with Crippen molar-refractivity contribution in [3.63, 3.8) is 0 Å². The van der Waals surface area contributed by atoms with Crippen molar-refractivity contribution in [3.05, 3.63) is 58.7 Å². The maximum atomic E-state index is 13.3.